The van der Waals surface area contributed by atoms with Crippen molar-refractivity contribution in [2.24, 2.45) is 0 Å². The lowest BCUT2D eigenvalue weighted by molar-refractivity contribution is 0.252. The van der Waals surface area contributed by atoms with Crippen molar-refractivity contribution in [3.8, 4) is 5.75 Å². The van der Waals surface area contributed by atoms with E-state index in [9.17, 15) is 4.79 Å². The lowest BCUT2D eigenvalue weighted by Crippen LogP contribution is -2.32. The van der Waals surface area contributed by atoms with E-state index in [2.05, 4.69) is 22.0 Å². The largest absolute Gasteiger partial charge is 0.495 e. The summed E-state index contributed by atoms with van der Waals surface area (Å²) in [5.41, 5.74) is 1.93. The molecule has 0 radical (unpaired) electrons. The monoisotopic (exact) mass is 261 g/mol. The van der Waals surface area contributed by atoms with Gasteiger partial charge in [0.25, 0.3) is 0 Å². The molecule has 3 N–H and O–H groups in total. The zero-order valence-electron chi connectivity index (χ0n) is 11.0. The van der Waals surface area contributed by atoms with E-state index in [1.54, 1.807) is 7.11 Å². The van der Waals surface area contributed by atoms with Crippen LogP contribution in [0.25, 0.3) is 0 Å². The SMILES string of the molecule is COc1ccccc1NC(=O)NCC1=CCNCC1. The number of hydrogen-bond acceptors (Lipinski definition) is 3. The molecular formula is C14H19N3O2. The Morgan fingerprint density at radius 1 is 1.42 bits per heavy atom. The number of urea groups is 1. The minimum atomic E-state index is -0.219. The Balaban J connectivity index is 1.85. The summed E-state index contributed by atoms with van der Waals surface area (Å²) in [6.07, 6.45) is 3.10. The molecule has 0 atom stereocenters. The van der Waals surface area contributed by atoms with Crippen molar-refractivity contribution >= 4 is 11.7 Å². The maximum Gasteiger partial charge on any atom is 0.319 e. The fourth-order valence-corrected chi connectivity index (χ4v) is 1.94. The zero-order valence-corrected chi connectivity index (χ0v) is 11.0. The number of benzene rings is 1. The fraction of sp³-hybridized carbons (Fsp3) is 0.357. The first-order valence-corrected chi connectivity index (χ1v) is 6.36. The van der Waals surface area contributed by atoms with E-state index in [1.807, 2.05) is 24.3 Å². The highest BCUT2D eigenvalue weighted by Crippen LogP contribution is 2.22. The van der Waals surface area contributed by atoms with Gasteiger partial charge in [0.05, 0.1) is 12.8 Å². The van der Waals surface area contributed by atoms with Gasteiger partial charge >= 0.3 is 6.03 Å². The Morgan fingerprint density at radius 2 is 2.26 bits per heavy atom. The van der Waals surface area contributed by atoms with Gasteiger partial charge in [0.15, 0.2) is 0 Å². The molecule has 1 aromatic rings. The molecular weight excluding hydrogens is 242 g/mol. The molecule has 0 saturated carbocycles. The number of methoxy groups -OCH3 is 1. The summed E-state index contributed by atoms with van der Waals surface area (Å²) in [6.45, 7) is 2.44. The first-order chi connectivity index (χ1) is 9.29. The first-order valence-electron chi connectivity index (χ1n) is 6.36. The lowest BCUT2D eigenvalue weighted by Gasteiger charge is -2.15. The predicted octanol–water partition coefficient (Wildman–Crippen LogP) is 1.74. The molecule has 0 saturated heterocycles. The van der Waals surface area contributed by atoms with Crippen LogP contribution in [0.4, 0.5) is 10.5 Å². The van der Waals surface area contributed by atoms with Crippen LogP contribution in [0.2, 0.25) is 0 Å². The van der Waals surface area contributed by atoms with E-state index in [-0.39, 0.29) is 6.03 Å². The molecule has 5 nitrogen and oxygen atoms in total. The Bertz CT molecular complexity index is 472. The Labute approximate surface area is 113 Å². The van der Waals surface area contributed by atoms with E-state index >= 15 is 0 Å². The number of nitrogens with one attached hydrogen (secondary N) is 3. The molecule has 0 aromatic heterocycles. The average Bonchev–Trinajstić information content (AvgIpc) is 2.47. The van der Waals surface area contributed by atoms with Crippen LogP contribution in [0.5, 0.6) is 5.75 Å². The number of para-hydroxylation sites is 2. The number of amides is 2. The third-order valence-corrected chi connectivity index (χ3v) is 2.99. The molecule has 1 heterocycles. The van der Waals surface area contributed by atoms with Crippen LogP contribution in [-0.4, -0.2) is 32.8 Å². The maximum absolute atomic E-state index is 11.8. The van der Waals surface area contributed by atoms with Gasteiger partial charge in [0.1, 0.15) is 5.75 Å². The van der Waals surface area contributed by atoms with Crippen molar-refractivity contribution in [3.05, 3.63) is 35.9 Å². The quantitative estimate of drug-likeness (QED) is 0.723. The molecule has 1 aliphatic rings. The van der Waals surface area contributed by atoms with Crippen molar-refractivity contribution in [2.45, 2.75) is 6.42 Å². The Kier molecular flexibility index (Phi) is 4.80. The highest BCUT2D eigenvalue weighted by molar-refractivity contribution is 5.91. The van der Waals surface area contributed by atoms with E-state index in [4.69, 9.17) is 4.74 Å². The van der Waals surface area contributed by atoms with Crippen molar-refractivity contribution in [2.75, 3.05) is 32.1 Å². The number of hydrogen-bond donors (Lipinski definition) is 3. The fourth-order valence-electron chi connectivity index (χ4n) is 1.94. The van der Waals surface area contributed by atoms with Crippen molar-refractivity contribution in [1.29, 1.82) is 0 Å². The number of rotatable bonds is 4. The van der Waals surface area contributed by atoms with Gasteiger partial charge in [-0.1, -0.05) is 23.8 Å². The van der Waals surface area contributed by atoms with Gasteiger partial charge in [-0.2, -0.15) is 0 Å². The van der Waals surface area contributed by atoms with Gasteiger partial charge in [0, 0.05) is 13.1 Å². The molecule has 102 valence electrons. The molecule has 0 unspecified atom stereocenters. The number of ether oxygens (including phenoxy) is 1. The molecule has 2 rings (SSSR count). The van der Waals surface area contributed by atoms with Crippen LogP contribution >= 0.6 is 0 Å². The summed E-state index contributed by atoms with van der Waals surface area (Å²) in [7, 11) is 1.58. The van der Waals surface area contributed by atoms with Crippen LogP contribution in [0.1, 0.15) is 6.42 Å². The summed E-state index contributed by atoms with van der Waals surface area (Å²) in [5.74, 6) is 0.652. The minimum Gasteiger partial charge on any atom is -0.495 e. The standard InChI is InChI=1S/C14H19N3O2/c1-19-13-5-3-2-4-12(13)17-14(18)16-10-11-6-8-15-9-7-11/h2-6,15H,7-10H2,1H3,(H2,16,17,18). The van der Waals surface area contributed by atoms with Gasteiger partial charge in [-0.05, 0) is 25.1 Å². The third-order valence-electron chi connectivity index (χ3n) is 2.99. The maximum atomic E-state index is 11.8. The van der Waals surface area contributed by atoms with Crippen LogP contribution in [-0.2, 0) is 0 Å². The van der Waals surface area contributed by atoms with Crippen LogP contribution < -0.4 is 20.7 Å². The second-order valence-corrected chi connectivity index (χ2v) is 4.32. The summed E-state index contributed by atoms with van der Waals surface area (Å²) in [6, 6.07) is 7.12. The second-order valence-electron chi connectivity index (χ2n) is 4.32. The molecule has 0 bridgehead atoms. The van der Waals surface area contributed by atoms with Crippen LogP contribution in [0.15, 0.2) is 35.9 Å². The van der Waals surface area contributed by atoms with Gasteiger partial charge in [-0.3, -0.25) is 0 Å². The van der Waals surface area contributed by atoms with Crippen molar-refractivity contribution in [3.63, 3.8) is 0 Å². The summed E-state index contributed by atoms with van der Waals surface area (Å²) in [4.78, 5) is 11.8. The summed E-state index contributed by atoms with van der Waals surface area (Å²) >= 11 is 0. The Hall–Kier alpha value is -2.01. The number of anilines is 1. The summed E-state index contributed by atoms with van der Waals surface area (Å²) in [5, 5.41) is 8.87. The number of carbonyl (C=O) groups excluding carboxylic acids is 1. The Morgan fingerprint density at radius 3 is 3.00 bits per heavy atom. The van der Waals surface area contributed by atoms with Gasteiger partial charge in [-0.15, -0.1) is 0 Å². The molecule has 0 spiro atoms. The van der Waals surface area contributed by atoms with E-state index in [1.165, 1.54) is 5.57 Å². The van der Waals surface area contributed by atoms with Gasteiger partial charge < -0.3 is 20.7 Å². The predicted molar refractivity (Wildman–Crippen MR) is 75.6 cm³/mol. The molecule has 2 amide bonds. The topological polar surface area (TPSA) is 62.4 Å². The number of carbonyl (C=O) groups is 1. The smallest absolute Gasteiger partial charge is 0.319 e. The normalized spacial score (nSPS) is 14.5. The third kappa shape index (κ3) is 3.99. The summed E-state index contributed by atoms with van der Waals surface area (Å²) < 4.78 is 5.18. The molecule has 5 heteroatoms. The lowest BCUT2D eigenvalue weighted by atomic mass is 10.1. The second kappa shape index (κ2) is 6.80. The van der Waals surface area contributed by atoms with Gasteiger partial charge in [-0.25, -0.2) is 4.79 Å². The average molecular weight is 261 g/mol. The minimum absolute atomic E-state index is 0.219. The molecule has 0 fully saturated rings. The van der Waals surface area contributed by atoms with Gasteiger partial charge in [0.2, 0.25) is 0 Å². The van der Waals surface area contributed by atoms with Crippen LogP contribution in [0, 0.1) is 0 Å². The first kappa shape index (κ1) is 13.4. The van der Waals surface area contributed by atoms with E-state index in [0.717, 1.165) is 19.5 Å². The van der Waals surface area contributed by atoms with Crippen molar-refractivity contribution in [1.82, 2.24) is 10.6 Å². The van der Waals surface area contributed by atoms with E-state index < -0.39 is 0 Å². The zero-order chi connectivity index (χ0) is 13.5. The highest BCUT2D eigenvalue weighted by Gasteiger charge is 2.08. The van der Waals surface area contributed by atoms with E-state index in [0.29, 0.717) is 18.0 Å². The molecule has 1 aliphatic heterocycles. The molecule has 1 aromatic carbocycles. The molecule has 0 aliphatic carbocycles. The molecule has 19 heavy (non-hydrogen) atoms. The highest BCUT2D eigenvalue weighted by atomic mass is 16.5. The van der Waals surface area contributed by atoms with Crippen molar-refractivity contribution < 1.29 is 9.53 Å². The van der Waals surface area contributed by atoms with Crippen LogP contribution in [0.3, 0.4) is 0 Å².